The monoisotopic (exact) mass is 338 g/mol. The van der Waals surface area contributed by atoms with Crippen molar-refractivity contribution in [3.63, 3.8) is 0 Å². The lowest BCUT2D eigenvalue weighted by Crippen LogP contribution is -2.34. The Kier molecular flexibility index (Phi) is 4.74. The summed E-state index contributed by atoms with van der Waals surface area (Å²) in [7, 11) is 1.80. The molecule has 0 fully saturated rings. The molecule has 1 atom stereocenters. The van der Waals surface area contributed by atoms with Gasteiger partial charge >= 0.3 is 0 Å². The van der Waals surface area contributed by atoms with E-state index in [1.807, 2.05) is 0 Å². The summed E-state index contributed by atoms with van der Waals surface area (Å²) in [6.45, 7) is 1.78. The van der Waals surface area contributed by atoms with E-state index in [0.29, 0.717) is 17.1 Å². The van der Waals surface area contributed by atoms with E-state index in [0.717, 1.165) is 5.56 Å². The molecule has 0 aliphatic carbocycles. The number of nitrogens with zero attached hydrogens (tertiary/aromatic N) is 3. The molecule has 0 spiro atoms. The molecule has 25 heavy (non-hydrogen) atoms. The number of nitrogens with one attached hydrogen (secondary N) is 1. The fraction of sp³-hybridized carbons (Fsp3) is 0.222. The second kappa shape index (κ2) is 7.12. The van der Waals surface area contributed by atoms with E-state index < -0.39 is 0 Å². The van der Waals surface area contributed by atoms with Gasteiger partial charge in [-0.25, -0.2) is 4.98 Å². The van der Waals surface area contributed by atoms with Gasteiger partial charge in [0.25, 0.3) is 5.91 Å². The van der Waals surface area contributed by atoms with Crippen LogP contribution >= 0.6 is 0 Å². The molecule has 0 aliphatic rings. The highest BCUT2D eigenvalue weighted by Gasteiger charge is 2.16. The Morgan fingerprint density at radius 1 is 1.24 bits per heavy atom. The van der Waals surface area contributed by atoms with Crippen LogP contribution in [-0.2, 0) is 7.05 Å². The Balaban J connectivity index is 1.60. The van der Waals surface area contributed by atoms with Gasteiger partial charge in [-0.05, 0) is 31.2 Å². The van der Waals surface area contributed by atoms with Gasteiger partial charge in [-0.1, -0.05) is 12.1 Å². The van der Waals surface area contributed by atoms with Crippen molar-refractivity contribution in [2.24, 2.45) is 7.05 Å². The lowest BCUT2D eigenvalue weighted by Gasteiger charge is -2.12. The maximum absolute atomic E-state index is 12.3. The number of furan rings is 1. The molecule has 0 saturated carbocycles. The zero-order valence-electron chi connectivity index (χ0n) is 14.0. The van der Waals surface area contributed by atoms with Gasteiger partial charge in [-0.2, -0.15) is 5.10 Å². The van der Waals surface area contributed by atoms with Gasteiger partial charge in [0.15, 0.2) is 17.4 Å². The van der Waals surface area contributed by atoms with E-state index >= 15 is 0 Å². The predicted molar refractivity (Wildman–Crippen MR) is 91.0 cm³/mol. The standard InChI is InChI=1S/C18H18N4O3/c1-12(10-15(23)16-4-3-9-25-16)20-18(24)14-7-5-13(6-8-14)17-19-11-22(2)21-17/h3-9,11-12H,10H2,1-2H3,(H,20,24)/t12-/m0/s1. The van der Waals surface area contributed by atoms with Gasteiger partial charge in [-0.15, -0.1) is 0 Å². The predicted octanol–water partition coefficient (Wildman–Crippen LogP) is 2.47. The Hall–Kier alpha value is -3.22. The van der Waals surface area contributed by atoms with E-state index in [-0.39, 0.29) is 24.2 Å². The Bertz CT molecular complexity index is 866. The summed E-state index contributed by atoms with van der Waals surface area (Å²) < 4.78 is 6.69. The van der Waals surface area contributed by atoms with Gasteiger partial charge in [0.05, 0.1) is 6.26 Å². The second-order valence-corrected chi connectivity index (χ2v) is 5.80. The largest absolute Gasteiger partial charge is 0.461 e. The molecular formula is C18H18N4O3. The number of amides is 1. The Labute approximate surface area is 144 Å². The van der Waals surface area contributed by atoms with Crippen molar-refractivity contribution in [2.45, 2.75) is 19.4 Å². The highest BCUT2D eigenvalue weighted by molar-refractivity contribution is 5.96. The van der Waals surface area contributed by atoms with Crippen LogP contribution < -0.4 is 5.32 Å². The number of hydrogen-bond donors (Lipinski definition) is 1. The van der Waals surface area contributed by atoms with Crippen molar-refractivity contribution in [3.8, 4) is 11.4 Å². The average molecular weight is 338 g/mol. The van der Waals surface area contributed by atoms with Crippen molar-refractivity contribution in [2.75, 3.05) is 0 Å². The van der Waals surface area contributed by atoms with Gasteiger partial charge < -0.3 is 9.73 Å². The average Bonchev–Trinajstić information content (AvgIpc) is 3.26. The number of carbonyl (C=O) groups is 2. The molecule has 1 amide bonds. The van der Waals surface area contributed by atoms with E-state index in [4.69, 9.17) is 4.42 Å². The summed E-state index contributed by atoms with van der Waals surface area (Å²) in [6, 6.07) is 9.98. The maximum atomic E-state index is 12.3. The third kappa shape index (κ3) is 4.00. The molecule has 0 aliphatic heterocycles. The van der Waals surface area contributed by atoms with Crippen LogP contribution in [0.25, 0.3) is 11.4 Å². The zero-order valence-corrected chi connectivity index (χ0v) is 14.0. The molecule has 3 aromatic rings. The second-order valence-electron chi connectivity index (χ2n) is 5.80. The molecule has 0 saturated heterocycles. The topological polar surface area (TPSA) is 90.0 Å². The smallest absolute Gasteiger partial charge is 0.251 e. The van der Waals surface area contributed by atoms with Crippen LogP contribution in [-0.4, -0.2) is 32.5 Å². The molecule has 2 aromatic heterocycles. The fourth-order valence-corrected chi connectivity index (χ4v) is 2.42. The molecule has 2 heterocycles. The van der Waals surface area contributed by atoms with E-state index in [1.165, 1.54) is 6.26 Å². The minimum atomic E-state index is -0.303. The molecule has 0 unspecified atom stereocenters. The first-order valence-corrected chi connectivity index (χ1v) is 7.86. The summed E-state index contributed by atoms with van der Waals surface area (Å²) in [5.41, 5.74) is 1.34. The minimum Gasteiger partial charge on any atom is -0.461 e. The number of hydrogen-bond acceptors (Lipinski definition) is 5. The number of aromatic nitrogens is 3. The van der Waals surface area contributed by atoms with Crippen LogP contribution in [0.2, 0.25) is 0 Å². The number of ketones is 1. The summed E-state index contributed by atoms with van der Waals surface area (Å²) in [5, 5.41) is 7.04. The summed E-state index contributed by atoms with van der Waals surface area (Å²) in [4.78, 5) is 28.4. The first-order valence-electron chi connectivity index (χ1n) is 7.86. The first-order chi connectivity index (χ1) is 12.0. The molecular weight excluding hydrogens is 320 g/mol. The molecule has 7 nitrogen and oxygen atoms in total. The third-order valence-electron chi connectivity index (χ3n) is 3.67. The first kappa shape index (κ1) is 16.6. The number of Topliss-reactive ketones (excluding diaryl/α,β-unsaturated/α-hetero) is 1. The maximum Gasteiger partial charge on any atom is 0.251 e. The van der Waals surface area contributed by atoms with Gasteiger partial charge in [-0.3, -0.25) is 14.3 Å². The molecule has 0 radical (unpaired) electrons. The molecule has 1 aromatic carbocycles. The van der Waals surface area contributed by atoms with Crippen molar-refractivity contribution in [1.29, 1.82) is 0 Å². The zero-order chi connectivity index (χ0) is 17.8. The minimum absolute atomic E-state index is 0.144. The van der Waals surface area contributed by atoms with Crippen molar-refractivity contribution in [1.82, 2.24) is 20.1 Å². The van der Waals surface area contributed by atoms with Crippen LogP contribution in [0.4, 0.5) is 0 Å². The van der Waals surface area contributed by atoms with E-state index in [1.54, 1.807) is 61.4 Å². The van der Waals surface area contributed by atoms with Crippen LogP contribution in [0.15, 0.2) is 53.4 Å². The van der Waals surface area contributed by atoms with E-state index in [9.17, 15) is 9.59 Å². The van der Waals surface area contributed by atoms with Crippen LogP contribution in [0.3, 0.4) is 0 Å². The summed E-state index contributed by atoms with van der Waals surface area (Å²) in [5.74, 6) is 0.523. The van der Waals surface area contributed by atoms with Crippen LogP contribution in [0, 0.1) is 0 Å². The number of benzene rings is 1. The Morgan fingerprint density at radius 3 is 2.60 bits per heavy atom. The summed E-state index contributed by atoms with van der Waals surface area (Å²) >= 11 is 0. The van der Waals surface area contributed by atoms with Crippen molar-refractivity contribution < 1.29 is 14.0 Å². The lowest BCUT2D eigenvalue weighted by molar-refractivity contribution is 0.0907. The number of aryl methyl sites for hydroxylation is 1. The number of carbonyl (C=O) groups excluding carboxylic acids is 2. The highest BCUT2D eigenvalue weighted by Crippen LogP contribution is 2.15. The fourth-order valence-electron chi connectivity index (χ4n) is 2.42. The SMILES string of the molecule is C[C@@H](CC(=O)c1ccco1)NC(=O)c1ccc(-c2ncn(C)n2)cc1. The van der Waals surface area contributed by atoms with Crippen LogP contribution in [0.1, 0.15) is 34.3 Å². The molecule has 3 rings (SSSR count). The van der Waals surface area contributed by atoms with Crippen molar-refractivity contribution >= 4 is 11.7 Å². The van der Waals surface area contributed by atoms with Gasteiger partial charge in [0.2, 0.25) is 0 Å². The quantitative estimate of drug-likeness (QED) is 0.697. The summed E-state index contributed by atoms with van der Waals surface area (Å²) in [6.07, 6.45) is 3.25. The van der Waals surface area contributed by atoms with Crippen molar-refractivity contribution in [3.05, 3.63) is 60.3 Å². The third-order valence-corrected chi connectivity index (χ3v) is 3.67. The Morgan fingerprint density at radius 2 is 2.00 bits per heavy atom. The molecule has 7 heteroatoms. The molecule has 1 N–H and O–H groups in total. The van der Waals surface area contributed by atoms with E-state index in [2.05, 4.69) is 15.4 Å². The normalized spacial score (nSPS) is 11.9. The number of rotatable bonds is 6. The molecule has 128 valence electrons. The van der Waals surface area contributed by atoms with Crippen LogP contribution in [0.5, 0.6) is 0 Å². The lowest BCUT2D eigenvalue weighted by atomic mass is 10.1. The van der Waals surface area contributed by atoms with Gasteiger partial charge in [0.1, 0.15) is 6.33 Å². The highest BCUT2D eigenvalue weighted by atomic mass is 16.3. The van der Waals surface area contributed by atoms with Gasteiger partial charge in [0, 0.05) is 30.6 Å². The molecule has 0 bridgehead atoms.